The van der Waals surface area contributed by atoms with Gasteiger partial charge < -0.3 is 24.8 Å². The van der Waals surface area contributed by atoms with Crippen LogP contribution in [0.25, 0.3) is 0 Å². The molecule has 0 spiro atoms. The molecule has 2 unspecified atom stereocenters. The van der Waals surface area contributed by atoms with E-state index >= 15 is 0 Å². The zero-order valence-electron chi connectivity index (χ0n) is 18.3. The Bertz CT molecular complexity index is 611. The van der Waals surface area contributed by atoms with Gasteiger partial charge in [0.1, 0.15) is 5.75 Å². The highest BCUT2D eigenvalue weighted by Crippen LogP contribution is 2.38. The number of carbonyl (C=O) groups is 1. The number of hydrogen-bond acceptors (Lipinski definition) is 5. The van der Waals surface area contributed by atoms with Gasteiger partial charge in [0.05, 0.1) is 25.4 Å². The zero-order valence-corrected chi connectivity index (χ0v) is 18.3. The predicted octanol–water partition coefficient (Wildman–Crippen LogP) is 3.40. The van der Waals surface area contributed by atoms with Gasteiger partial charge in [-0.3, -0.25) is 4.79 Å². The molecule has 1 aliphatic carbocycles. The summed E-state index contributed by atoms with van der Waals surface area (Å²) in [4.78, 5) is 10.8. The minimum Gasteiger partial charge on any atom is -0.494 e. The lowest BCUT2D eigenvalue weighted by Crippen LogP contribution is -2.54. The molecule has 168 valence electrons. The molecular formula is C24H38N2O4. The number of piperidine rings is 1. The van der Waals surface area contributed by atoms with Crippen LogP contribution in [0.5, 0.6) is 5.75 Å². The summed E-state index contributed by atoms with van der Waals surface area (Å²) in [7, 11) is 0. The van der Waals surface area contributed by atoms with Crippen molar-refractivity contribution in [1.29, 1.82) is 0 Å². The fourth-order valence-corrected chi connectivity index (χ4v) is 4.44. The van der Waals surface area contributed by atoms with Crippen molar-refractivity contribution in [2.75, 3.05) is 33.0 Å². The fourth-order valence-electron chi connectivity index (χ4n) is 4.44. The van der Waals surface area contributed by atoms with Crippen LogP contribution in [0.3, 0.4) is 0 Å². The van der Waals surface area contributed by atoms with Gasteiger partial charge in [0.2, 0.25) is 6.41 Å². The smallest absolute Gasteiger partial charge is 0.207 e. The molecule has 2 atom stereocenters. The Morgan fingerprint density at radius 3 is 2.53 bits per heavy atom. The first kappa shape index (κ1) is 23.0. The van der Waals surface area contributed by atoms with Crippen molar-refractivity contribution < 1.29 is 19.0 Å². The van der Waals surface area contributed by atoms with E-state index in [1.807, 2.05) is 13.0 Å². The van der Waals surface area contributed by atoms with Gasteiger partial charge in [-0.25, -0.2) is 0 Å². The van der Waals surface area contributed by atoms with E-state index in [0.29, 0.717) is 25.2 Å². The molecule has 0 bridgehead atoms. The minimum absolute atomic E-state index is 0.190. The lowest BCUT2D eigenvalue weighted by Gasteiger charge is -2.35. The molecule has 3 aliphatic rings. The zero-order chi connectivity index (χ0) is 21.0. The number of benzene rings is 1. The second-order valence-electron chi connectivity index (χ2n) is 8.34. The van der Waals surface area contributed by atoms with Crippen LogP contribution in [0, 0.1) is 0 Å². The number of carbonyl (C=O) groups excluding carboxylic acids is 1. The van der Waals surface area contributed by atoms with Gasteiger partial charge >= 0.3 is 0 Å². The second kappa shape index (κ2) is 12.9. The Morgan fingerprint density at radius 2 is 1.87 bits per heavy atom. The number of para-hydroxylation sites is 1. The average molecular weight is 419 g/mol. The SMILES string of the molecule is C1COC1.CCOc1ccccc1C1CCC(OCC2NCCCC2NC=O)CC1. The molecule has 6 nitrogen and oxygen atoms in total. The summed E-state index contributed by atoms with van der Waals surface area (Å²) < 4.78 is 16.7. The molecule has 2 N–H and O–H groups in total. The normalized spacial score (nSPS) is 28.4. The third kappa shape index (κ3) is 6.96. The first-order valence-electron chi connectivity index (χ1n) is 11.7. The third-order valence-corrected chi connectivity index (χ3v) is 6.29. The maximum atomic E-state index is 10.8. The largest absolute Gasteiger partial charge is 0.494 e. The van der Waals surface area contributed by atoms with Gasteiger partial charge in [0.15, 0.2) is 0 Å². The van der Waals surface area contributed by atoms with Crippen LogP contribution >= 0.6 is 0 Å². The summed E-state index contributed by atoms with van der Waals surface area (Å²) in [5.41, 5.74) is 1.34. The Balaban J connectivity index is 0.000000572. The highest BCUT2D eigenvalue weighted by atomic mass is 16.5. The summed E-state index contributed by atoms with van der Waals surface area (Å²) in [6, 6.07) is 8.86. The van der Waals surface area contributed by atoms with Crippen LogP contribution in [0.15, 0.2) is 24.3 Å². The molecule has 1 aromatic rings. The predicted molar refractivity (Wildman–Crippen MR) is 118 cm³/mol. The Morgan fingerprint density at radius 1 is 1.13 bits per heavy atom. The molecule has 0 radical (unpaired) electrons. The molecule has 4 rings (SSSR count). The van der Waals surface area contributed by atoms with Crippen LogP contribution in [-0.4, -0.2) is 57.6 Å². The number of rotatable bonds is 8. The number of ether oxygens (including phenoxy) is 3. The fraction of sp³-hybridized carbons (Fsp3) is 0.708. The van der Waals surface area contributed by atoms with E-state index < -0.39 is 0 Å². The van der Waals surface area contributed by atoms with Crippen molar-refractivity contribution in [2.24, 2.45) is 0 Å². The highest BCUT2D eigenvalue weighted by Gasteiger charge is 2.28. The highest BCUT2D eigenvalue weighted by molar-refractivity contribution is 5.47. The molecule has 2 heterocycles. The Labute approximate surface area is 181 Å². The number of hydrogen-bond donors (Lipinski definition) is 2. The van der Waals surface area contributed by atoms with Crippen LogP contribution in [-0.2, 0) is 14.3 Å². The summed E-state index contributed by atoms with van der Waals surface area (Å²) >= 11 is 0. The van der Waals surface area contributed by atoms with Gasteiger partial charge in [-0.2, -0.15) is 0 Å². The van der Waals surface area contributed by atoms with E-state index in [0.717, 1.165) is 70.4 Å². The molecule has 2 aliphatic heterocycles. The van der Waals surface area contributed by atoms with E-state index in [1.165, 1.54) is 12.0 Å². The minimum atomic E-state index is 0.190. The third-order valence-electron chi connectivity index (χ3n) is 6.29. The lowest BCUT2D eigenvalue weighted by molar-refractivity contribution is -0.110. The first-order chi connectivity index (χ1) is 14.8. The monoisotopic (exact) mass is 418 g/mol. The Kier molecular flexibility index (Phi) is 9.93. The average Bonchev–Trinajstić information content (AvgIpc) is 2.73. The molecule has 30 heavy (non-hydrogen) atoms. The molecule has 3 fully saturated rings. The lowest BCUT2D eigenvalue weighted by atomic mass is 9.82. The van der Waals surface area contributed by atoms with Crippen LogP contribution < -0.4 is 15.4 Å². The van der Waals surface area contributed by atoms with Crippen molar-refractivity contribution in [2.45, 2.75) is 76.0 Å². The maximum absolute atomic E-state index is 10.8. The molecule has 2 saturated heterocycles. The van der Waals surface area contributed by atoms with Crippen molar-refractivity contribution in [3.8, 4) is 5.75 Å². The molecule has 1 saturated carbocycles. The maximum Gasteiger partial charge on any atom is 0.207 e. The van der Waals surface area contributed by atoms with E-state index in [9.17, 15) is 4.79 Å². The van der Waals surface area contributed by atoms with Gasteiger partial charge in [0.25, 0.3) is 0 Å². The number of amides is 1. The van der Waals surface area contributed by atoms with Crippen LogP contribution in [0.1, 0.15) is 63.4 Å². The molecule has 1 aromatic carbocycles. The quantitative estimate of drug-likeness (QED) is 0.634. The van der Waals surface area contributed by atoms with Crippen LogP contribution in [0.4, 0.5) is 0 Å². The van der Waals surface area contributed by atoms with Gasteiger partial charge in [0, 0.05) is 19.3 Å². The summed E-state index contributed by atoms with van der Waals surface area (Å²) in [5, 5.41) is 6.42. The molecule has 6 heteroatoms. The van der Waals surface area contributed by atoms with Gasteiger partial charge in [-0.15, -0.1) is 0 Å². The molecular weight excluding hydrogens is 380 g/mol. The van der Waals surface area contributed by atoms with E-state index in [4.69, 9.17) is 14.2 Å². The molecule has 0 aromatic heterocycles. The summed E-state index contributed by atoms with van der Waals surface area (Å²) in [6.45, 7) is 6.43. The van der Waals surface area contributed by atoms with Crippen LogP contribution in [0.2, 0.25) is 0 Å². The van der Waals surface area contributed by atoms with E-state index in [-0.39, 0.29) is 12.1 Å². The second-order valence-corrected chi connectivity index (χ2v) is 8.34. The standard InChI is InChI=1S/C21H32N2O3.C3H6O/c1-2-25-21-8-4-3-6-18(21)16-9-11-17(12-10-16)26-14-20-19(23-15-24)7-5-13-22-20;1-2-4-3-1/h3-4,6,8,15-17,19-20,22H,2,5,7,9-14H2,1H3,(H,23,24);1-3H2. The van der Waals surface area contributed by atoms with Crippen molar-refractivity contribution in [3.05, 3.63) is 29.8 Å². The first-order valence-corrected chi connectivity index (χ1v) is 11.7. The topological polar surface area (TPSA) is 68.8 Å². The van der Waals surface area contributed by atoms with Crippen molar-refractivity contribution >= 4 is 6.41 Å². The van der Waals surface area contributed by atoms with E-state index in [1.54, 1.807) is 0 Å². The summed E-state index contributed by atoms with van der Waals surface area (Å²) in [5.74, 6) is 1.60. The van der Waals surface area contributed by atoms with Gasteiger partial charge in [-0.1, -0.05) is 18.2 Å². The number of nitrogens with one attached hydrogen (secondary N) is 2. The summed E-state index contributed by atoms with van der Waals surface area (Å²) in [6.07, 6.45) is 9.00. The molecule has 1 amide bonds. The Hall–Kier alpha value is -1.63. The van der Waals surface area contributed by atoms with E-state index in [2.05, 4.69) is 28.8 Å². The van der Waals surface area contributed by atoms with Crippen molar-refractivity contribution in [3.63, 3.8) is 0 Å². The van der Waals surface area contributed by atoms with Crippen molar-refractivity contribution in [1.82, 2.24) is 10.6 Å². The van der Waals surface area contributed by atoms with Gasteiger partial charge in [-0.05, 0) is 76.0 Å².